The van der Waals surface area contributed by atoms with Gasteiger partial charge < -0.3 is 23.4 Å². The number of furan rings is 1. The van der Waals surface area contributed by atoms with Crippen molar-refractivity contribution in [3.05, 3.63) is 89.4 Å². The molecule has 3 aromatic carbocycles. The first kappa shape index (κ1) is 25.6. The molecule has 0 aliphatic carbocycles. The van der Waals surface area contributed by atoms with Crippen molar-refractivity contribution in [2.24, 2.45) is 0 Å². The molecule has 0 fully saturated rings. The molecule has 0 aliphatic heterocycles. The van der Waals surface area contributed by atoms with E-state index in [0.717, 1.165) is 17.7 Å². The lowest BCUT2D eigenvalue weighted by Gasteiger charge is -2.12. The van der Waals surface area contributed by atoms with E-state index >= 15 is 0 Å². The van der Waals surface area contributed by atoms with Crippen LogP contribution in [0.1, 0.15) is 11.1 Å². The Kier molecular flexibility index (Phi) is 6.68. The normalized spacial score (nSPS) is 11.3. The van der Waals surface area contributed by atoms with Crippen molar-refractivity contribution in [2.45, 2.75) is 13.2 Å². The van der Waals surface area contributed by atoms with E-state index in [-0.39, 0.29) is 6.61 Å². The van der Waals surface area contributed by atoms with Gasteiger partial charge in [0.2, 0.25) is 4.96 Å². The zero-order chi connectivity index (χ0) is 27.8. The Morgan fingerprint density at radius 1 is 0.900 bits per heavy atom. The summed E-state index contributed by atoms with van der Waals surface area (Å²) in [4.78, 5) is 5.23. The van der Waals surface area contributed by atoms with Gasteiger partial charge in [-0.1, -0.05) is 12.1 Å². The second-order valence-electron chi connectivity index (χ2n) is 8.62. The molecule has 12 heteroatoms. The monoisotopic (exact) mass is 567 g/mol. The van der Waals surface area contributed by atoms with Crippen molar-refractivity contribution in [3.63, 3.8) is 0 Å². The van der Waals surface area contributed by atoms with Crippen LogP contribution in [0.4, 0.5) is 13.2 Å². The molecule has 204 valence electrons. The third-order valence-corrected chi connectivity index (χ3v) is 6.96. The molecule has 0 bridgehead atoms. The first-order valence-corrected chi connectivity index (χ1v) is 12.7. The maximum Gasteiger partial charge on any atom is 0.294 e. The Balaban J connectivity index is 1.22. The van der Waals surface area contributed by atoms with Crippen LogP contribution in [-0.2, 0) is 13.2 Å². The van der Waals surface area contributed by atoms with Crippen LogP contribution in [0.5, 0.6) is 22.4 Å². The van der Waals surface area contributed by atoms with Gasteiger partial charge in [0.25, 0.3) is 5.19 Å². The lowest BCUT2D eigenvalue weighted by molar-refractivity contribution is 0.285. The SMILES string of the molecule is COc1cc(OCc2cccc(OCc3c(F)ccc(F)c3F)c2)c2cc(-c3cn4nc(OC)sc4n3)oc2c1. The molecule has 0 saturated heterocycles. The second-order valence-corrected chi connectivity index (χ2v) is 9.54. The molecule has 0 unspecified atom stereocenters. The number of ether oxygens (including phenoxy) is 4. The summed E-state index contributed by atoms with van der Waals surface area (Å²) in [5.41, 5.74) is 1.39. The van der Waals surface area contributed by atoms with Crippen LogP contribution in [0.2, 0.25) is 0 Å². The van der Waals surface area contributed by atoms with Gasteiger partial charge in [-0.15, -0.1) is 5.10 Å². The maximum absolute atomic E-state index is 14.0. The molecule has 0 amide bonds. The summed E-state index contributed by atoms with van der Waals surface area (Å²) in [7, 11) is 3.09. The first-order valence-electron chi connectivity index (χ1n) is 11.9. The Morgan fingerprint density at radius 2 is 1.75 bits per heavy atom. The first-order chi connectivity index (χ1) is 19.4. The van der Waals surface area contributed by atoms with E-state index in [2.05, 4.69) is 10.1 Å². The standard InChI is InChI=1S/C28H20F3N3O5S/c1-35-17-9-23(18-11-25(39-24(18)10-17)22-12-34-27(32-22)40-28(33-34)36-2)38-13-15-4-3-5-16(8-15)37-14-19-20(29)6-7-21(30)26(19)31/h3-12H,13-14H2,1-2H3. The van der Waals surface area contributed by atoms with Gasteiger partial charge in [-0.3, -0.25) is 0 Å². The molecule has 3 heterocycles. The molecule has 6 aromatic rings. The van der Waals surface area contributed by atoms with Crippen LogP contribution >= 0.6 is 11.3 Å². The number of methoxy groups -OCH3 is 2. The quantitative estimate of drug-likeness (QED) is 0.178. The molecule has 0 radical (unpaired) electrons. The molecule has 0 atom stereocenters. The van der Waals surface area contributed by atoms with Crippen LogP contribution < -0.4 is 18.9 Å². The highest BCUT2D eigenvalue weighted by molar-refractivity contribution is 7.18. The molecule has 0 saturated carbocycles. The average Bonchev–Trinajstić information content (AvgIpc) is 3.67. The largest absolute Gasteiger partial charge is 0.496 e. The maximum atomic E-state index is 14.0. The van der Waals surface area contributed by atoms with Crippen LogP contribution in [0.25, 0.3) is 27.4 Å². The molecule has 6 rings (SSSR count). The number of aromatic nitrogens is 3. The topological polar surface area (TPSA) is 80.2 Å². The predicted molar refractivity (Wildman–Crippen MR) is 141 cm³/mol. The third kappa shape index (κ3) is 4.89. The fourth-order valence-electron chi connectivity index (χ4n) is 4.07. The van der Waals surface area contributed by atoms with Gasteiger partial charge in [0.05, 0.1) is 31.4 Å². The minimum Gasteiger partial charge on any atom is -0.496 e. The van der Waals surface area contributed by atoms with Gasteiger partial charge in [-0.05, 0) is 47.2 Å². The Bertz CT molecular complexity index is 1820. The number of rotatable bonds is 9. The van der Waals surface area contributed by atoms with Crippen molar-refractivity contribution in [2.75, 3.05) is 14.2 Å². The predicted octanol–water partition coefficient (Wildman–Crippen LogP) is 6.80. The van der Waals surface area contributed by atoms with Crippen LogP contribution in [0.15, 0.2) is 65.2 Å². The molecular weight excluding hydrogens is 547 g/mol. The lowest BCUT2D eigenvalue weighted by Crippen LogP contribution is -2.04. The minimum absolute atomic E-state index is 0.145. The smallest absolute Gasteiger partial charge is 0.294 e. The van der Waals surface area contributed by atoms with Gasteiger partial charge in [0.15, 0.2) is 17.4 Å². The van der Waals surface area contributed by atoms with E-state index in [1.165, 1.54) is 11.3 Å². The van der Waals surface area contributed by atoms with E-state index < -0.39 is 29.6 Å². The Morgan fingerprint density at radius 3 is 2.55 bits per heavy atom. The summed E-state index contributed by atoms with van der Waals surface area (Å²) in [5, 5.41) is 5.50. The molecule has 8 nitrogen and oxygen atoms in total. The van der Waals surface area contributed by atoms with Crippen LogP contribution in [0.3, 0.4) is 0 Å². The molecular formula is C28H20F3N3O5S. The molecule has 3 aromatic heterocycles. The second kappa shape index (κ2) is 10.5. The zero-order valence-corrected chi connectivity index (χ0v) is 21.9. The summed E-state index contributed by atoms with van der Waals surface area (Å²) in [6.07, 6.45) is 1.75. The molecule has 0 N–H and O–H groups in total. The highest BCUT2D eigenvalue weighted by Crippen LogP contribution is 2.37. The highest BCUT2D eigenvalue weighted by atomic mass is 32.1. The van der Waals surface area contributed by atoms with E-state index in [1.54, 1.807) is 55.3 Å². The number of hydrogen-bond donors (Lipinski definition) is 0. The van der Waals surface area contributed by atoms with E-state index in [1.807, 2.05) is 12.1 Å². The molecule has 40 heavy (non-hydrogen) atoms. The van der Waals surface area contributed by atoms with Gasteiger partial charge in [-0.25, -0.2) is 22.7 Å². The summed E-state index contributed by atoms with van der Waals surface area (Å²) >= 11 is 1.31. The van der Waals surface area contributed by atoms with Crippen molar-refractivity contribution >= 4 is 27.3 Å². The van der Waals surface area contributed by atoms with Crippen LogP contribution in [-0.4, -0.2) is 28.8 Å². The van der Waals surface area contributed by atoms with Crippen molar-refractivity contribution in [3.8, 4) is 33.9 Å². The number of imidazole rings is 1. The average molecular weight is 568 g/mol. The molecule has 0 aliphatic rings. The summed E-state index contributed by atoms with van der Waals surface area (Å²) < 4.78 is 71.3. The number of benzene rings is 3. The Hall–Kier alpha value is -4.71. The zero-order valence-electron chi connectivity index (χ0n) is 21.1. The lowest BCUT2D eigenvalue weighted by atomic mass is 10.2. The van der Waals surface area contributed by atoms with E-state index in [0.29, 0.717) is 49.8 Å². The minimum atomic E-state index is -1.27. The number of halogens is 3. The number of hydrogen-bond acceptors (Lipinski definition) is 8. The third-order valence-electron chi connectivity index (χ3n) is 6.08. The van der Waals surface area contributed by atoms with Gasteiger partial charge in [0.1, 0.15) is 47.6 Å². The molecule has 0 spiro atoms. The Labute approximate surface area is 229 Å². The fraction of sp³-hybridized carbons (Fsp3) is 0.143. The number of fused-ring (bicyclic) bond motifs is 2. The van der Waals surface area contributed by atoms with E-state index in [9.17, 15) is 13.2 Å². The van der Waals surface area contributed by atoms with Crippen molar-refractivity contribution in [1.82, 2.24) is 14.6 Å². The van der Waals surface area contributed by atoms with Gasteiger partial charge >= 0.3 is 0 Å². The van der Waals surface area contributed by atoms with Gasteiger partial charge in [-0.2, -0.15) is 0 Å². The number of nitrogens with zero attached hydrogens (tertiary/aromatic N) is 3. The van der Waals surface area contributed by atoms with Crippen molar-refractivity contribution < 1.29 is 36.5 Å². The van der Waals surface area contributed by atoms with Gasteiger partial charge in [0, 0.05) is 12.1 Å². The highest BCUT2D eigenvalue weighted by Gasteiger charge is 2.18. The van der Waals surface area contributed by atoms with E-state index in [4.69, 9.17) is 23.4 Å². The fourth-order valence-corrected chi connectivity index (χ4v) is 4.77. The summed E-state index contributed by atoms with van der Waals surface area (Å²) in [6, 6.07) is 13.8. The summed E-state index contributed by atoms with van der Waals surface area (Å²) in [5.74, 6) is -1.37. The van der Waals surface area contributed by atoms with Crippen LogP contribution in [0, 0.1) is 17.5 Å². The summed E-state index contributed by atoms with van der Waals surface area (Å²) in [6.45, 7) is -0.325. The van der Waals surface area contributed by atoms with Crippen molar-refractivity contribution in [1.29, 1.82) is 0 Å².